The maximum absolute atomic E-state index is 13.5. The number of nitrogens with one attached hydrogen (secondary N) is 3. The van der Waals surface area contributed by atoms with Crippen LogP contribution in [0.15, 0.2) is 61.2 Å². The molecule has 11 nitrogen and oxygen atoms in total. The number of rotatable bonds is 9. The Hall–Kier alpha value is -4.93. The molecule has 228 valence electrons. The number of para-hydroxylation sites is 1. The smallest absolute Gasteiger partial charge is 0.407 e. The van der Waals surface area contributed by atoms with Crippen molar-refractivity contribution in [2.24, 2.45) is 5.92 Å². The molecule has 3 aromatic heterocycles. The van der Waals surface area contributed by atoms with Gasteiger partial charge in [-0.05, 0) is 48.9 Å². The van der Waals surface area contributed by atoms with Crippen molar-refractivity contribution >= 4 is 23.0 Å². The Morgan fingerprint density at radius 2 is 1.84 bits per heavy atom. The van der Waals surface area contributed by atoms with Gasteiger partial charge in [0.2, 0.25) is 5.91 Å². The third-order valence-electron chi connectivity index (χ3n) is 8.28. The van der Waals surface area contributed by atoms with Crippen LogP contribution in [0.3, 0.4) is 0 Å². The van der Waals surface area contributed by atoms with Crippen molar-refractivity contribution < 1.29 is 14.3 Å². The monoisotopic (exact) mass is 594 g/mol. The molecule has 0 bridgehead atoms. The SMILES string of the molecule is CCCc1ncc(-c2cccc3c2ncn3-c2ccc(-c3cnc(C4CCCN4C(=O)C(NC(=O)OC)C(C)C)[nH]3)cc2)[nH]1. The van der Waals surface area contributed by atoms with Crippen LogP contribution in [0.4, 0.5) is 4.79 Å². The van der Waals surface area contributed by atoms with Crippen LogP contribution in [0.1, 0.15) is 57.7 Å². The lowest BCUT2D eigenvalue weighted by molar-refractivity contribution is -0.135. The predicted molar refractivity (Wildman–Crippen MR) is 168 cm³/mol. The zero-order valence-corrected chi connectivity index (χ0v) is 25.5. The van der Waals surface area contributed by atoms with Gasteiger partial charge in [0.1, 0.15) is 24.0 Å². The van der Waals surface area contributed by atoms with E-state index >= 15 is 0 Å². The number of amides is 2. The number of nitrogens with zero attached hydrogens (tertiary/aromatic N) is 5. The van der Waals surface area contributed by atoms with Crippen LogP contribution in [0.5, 0.6) is 0 Å². The molecule has 0 aliphatic carbocycles. The highest BCUT2D eigenvalue weighted by Gasteiger charge is 2.37. The van der Waals surface area contributed by atoms with E-state index in [-0.39, 0.29) is 17.9 Å². The van der Waals surface area contributed by atoms with Crippen LogP contribution in [-0.4, -0.2) is 66.1 Å². The van der Waals surface area contributed by atoms with Crippen LogP contribution in [0.2, 0.25) is 0 Å². The molecule has 0 radical (unpaired) electrons. The number of carbonyl (C=O) groups excluding carboxylic acids is 2. The minimum absolute atomic E-state index is 0.0862. The van der Waals surface area contributed by atoms with Gasteiger partial charge < -0.3 is 24.9 Å². The molecule has 5 aromatic rings. The van der Waals surface area contributed by atoms with E-state index in [1.807, 2.05) is 43.5 Å². The second kappa shape index (κ2) is 12.4. The summed E-state index contributed by atoms with van der Waals surface area (Å²) in [7, 11) is 1.30. The average molecular weight is 595 g/mol. The van der Waals surface area contributed by atoms with Gasteiger partial charge in [0, 0.05) is 24.2 Å². The van der Waals surface area contributed by atoms with E-state index in [0.29, 0.717) is 6.54 Å². The Kier molecular flexibility index (Phi) is 8.19. The van der Waals surface area contributed by atoms with Crippen molar-refractivity contribution in [3.8, 4) is 28.2 Å². The first-order chi connectivity index (χ1) is 21.4. The topological polar surface area (TPSA) is 134 Å². The molecule has 1 fully saturated rings. The lowest BCUT2D eigenvalue weighted by atomic mass is 10.0. The molecule has 0 spiro atoms. The number of hydrogen-bond acceptors (Lipinski definition) is 6. The summed E-state index contributed by atoms with van der Waals surface area (Å²) in [5.74, 6) is 1.51. The number of aromatic nitrogens is 6. The molecular weight excluding hydrogens is 556 g/mol. The zero-order valence-electron chi connectivity index (χ0n) is 25.5. The molecule has 3 N–H and O–H groups in total. The van der Waals surface area contributed by atoms with E-state index in [9.17, 15) is 9.59 Å². The fourth-order valence-corrected chi connectivity index (χ4v) is 5.97. The van der Waals surface area contributed by atoms with Gasteiger partial charge in [0.25, 0.3) is 0 Å². The highest BCUT2D eigenvalue weighted by molar-refractivity contribution is 5.92. The number of fused-ring (bicyclic) bond motifs is 1. The number of hydrogen-bond donors (Lipinski definition) is 3. The van der Waals surface area contributed by atoms with Crippen molar-refractivity contribution in [1.82, 2.24) is 39.7 Å². The molecule has 1 aliphatic rings. The summed E-state index contributed by atoms with van der Waals surface area (Å²) in [4.78, 5) is 48.0. The number of ether oxygens (including phenoxy) is 1. The average Bonchev–Trinajstić information content (AvgIpc) is 3.85. The van der Waals surface area contributed by atoms with Crippen LogP contribution < -0.4 is 5.32 Å². The Bertz CT molecular complexity index is 1770. The summed E-state index contributed by atoms with van der Waals surface area (Å²) in [6, 6.07) is 13.6. The Balaban J connectivity index is 1.21. The van der Waals surface area contributed by atoms with Gasteiger partial charge in [-0.3, -0.25) is 9.36 Å². The van der Waals surface area contributed by atoms with Crippen molar-refractivity contribution in [3.63, 3.8) is 0 Å². The first-order valence-corrected chi connectivity index (χ1v) is 15.2. The number of benzene rings is 2. The molecule has 2 aromatic carbocycles. The lowest BCUT2D eigenvalue weighted by Crippen LogP contribution is -2.51. The van der Waals surface area contributed by atoms with E-state index in [1.165, 1.54) is 7.11 Å². The van der Waals surface area contributed by atoms with Crippen LogP contribution in [0, 0.1) is 5.92 Å². The van der Waals surface area contributed by atoms with E-state index in [0.717, 1.165) is 76.6 Å². The summed E-state index contributed by atoms with van der Waals surface area (Å²) in [6.07, 6.45) is 8.56. The van der Waals surface area contributed by atoms with E-state index in [1.54, 1.807) is 0 Å². The number of carbonyl (C=O) groups is 2. The molecule has 1 aliphatic heterocycles. The molecular formula is C33H38N8O3. The van der Waals surface area contributed by atoms with Gasteiger partial charge in [-0.2, -0.15) is 0 Å². The highest BCUT2D eigenvalue weighted by Crippen LogP contribution is 2.33. The summed E-state index contributed by atoms with van der Waals surface area (Å²) in [6.45, 7) is 6.57. The summed E-state index contributed by atoms with van der Waals surface area (Å²) >= 11 is 0. The van der Waals surface area contributed by atoms with Gasteiger partial charge in [-0.1, -0.05) is 45.0 Å². The molecule has 2 amide bonds. The molecule has 11 heteroatoms. The molecule has 2 unspecified atom stereocenters. The van der Waals surface area contributed by atoms with Gasteiger partial charge >= 0.3 is 6.09 Å². The Labute approximate surface area is 256 Å². The molecule has 1 saturated heterocycles. The second-order valence-corrected chi connectivity index (χ2v) is 11.6. The largest absolute Gasteiger partial charge is 0.453 e. The molecule has 6 rings (SSSR count). The summed E-state index contributed by atoms with van der Waals surface area (Å²) in [5, 5.41) is 2.70. The van der Waals surface area contributed by atoms with Crippen LogP contribution in [-0.2, 0) is 16.0 Å². The lowest BCUT2D eigenvalue weighted by Gasteiger charge is -2.30. The number of alkyl carbamates (subject to hydrolysis) is 1. The third-order valence-corrected chi connectivity index (χ3v) is 8.28. The minimum atomic E-state index is -0.668. The van der Waals surface area contributed by atoms with Gasteiger partial charge in [0.15, 0.2) is 0 Å². The maximum Gasteiger partial charge on any atom is 0.407 e. The quantitative estimate of drug-likeness (QED) is 0.197. The van der Waals surface area contributed by atoms with Gasteiger partial charge in [-0.25, -0.2) is 19.7 Å². The van der Waals surface area contributed by atoms with Gasteiger partial charge in [0.05, 0.1) is 48.0 Å². The van der Waals surface area contributed by atoms with Crippen LogP contribution >= 0.6 is 0 Å². The third kappa shape index (κ3) is 5.57. The Morgan fingerprint density at radius 3 is 2.59 bits per heavy atom. The predicted octanol–water partition coefficient (Wildman–Crippen LogP) is 5.80. The summed E-state index contributed by atoms with van der Waals surface area (Å²) in [5.41, 5.74) is 6.78. The Morgan fingerprint density at radius 1 is 1.05 bits per heavy atom. The molecule has 44 heavy (non-hydrogen) atoms. The summed E-state index contributed by atoms with van der Waals surface area (Å²) < 4.78 is 6.83. The fourth-order valence-electron chi connectivity index (χ4n) is 5.97. The number of aromatic amines is 2. The molecule has 4 heterocycles. The maximum atomic E-state index is 13.5. The number of aryl methyl sites for hydroxylation is 1. The number of H-pyrrole nitrogens is 2. The number of imidazole rings is 3. The van der Waals surface area contributed by atoms with Crippen molar-refractivity contribution in [3.05, 3.63) is 72.8 Å². The van der Waals surface area contributed by atoms with E-state index < -0.39 is 12.1 Å². The normalized spacial score (nSPS) is 15.7. The standard InChI is InChI=1S/C33H38N8O3/c1-5-8-28-34-18-25(37-28)23-9-6-10-26-30(23)36-19-41(26)22-14-12-21(13-15-22)24-17-35-31(38-24)27-11-7-16-40(27)32(42)29(20(2)3)39-33(43)44-4/h6,9-10,12-15,17-20,27,29H,5,7-8,11,16H2,1-4H3,(H,34,37)(H,35,38)(H,39,43). The second-order valence-electron chi connectivity index (χ2n) is 11.6. The molecule has 2 atom stereocenters. The van der Waals surface area contributed by atoms with E-state index in [2.05, 4.69) is 73.1 Å². The minimum Gasteiger partial charge on any atom is -0.453 e. The first-order valence-electron chi connectivity index (χ1n) is 15.2. The van der Waals surface area contributed by atoms with Gasteiger partial charge in [-0.15, -0.1) is 0 Å². The van der Waals surface area contributed by atoms with Crippen molar-refractivity contribution in [2.75, 3.05) is 13.7 Å². The van der Waals surface area contributed by atoms with Crippen molar-refractivity contribution in [2.45, 2.75) is 58.5 Å². The number of likely N-dealkylation sites (tertiary alicyclic amines) is 1. The van der Waals surface area contributed by atoms with Crippen molar-refractivity contribution in [1.29, 1.82) is 0 Å². The highest BCUT2D eigenvalue weighted by atomic mass is 16.5. The van der Waals surface area contributed by atoms with E-state index in [4.69, 9.17) is 9.72 Å². The number of methoxy groups -OCH3 is 1. The first kappa shape index (κ1) is 29.2. The molecule has 0 saturated carbocycles. The fraction of sp³-hybridized carbons (Fsp3) is 0.364. The zero-order chi connectivity index (χ0) is 30.8. The van der Waals surface area contributed by atoms with Crippen LogP contribution in [0.25, 0.3) is 39.2 Å².